The number of benzene rings is 1. The Morgan fingerprint density at radius 2 is 2.00 bits per heavy atom. The molecule has 1 aromatic rings. The molecular weight excluding hydrogens is 214 g/mol. The molecule has 76 valence electrons. The topological polar surface area (TPSA) is 46.2 Å². The Balaban J connectivity index is 2.54. The second kappa shape index (κ2) is 3.51. The van der Waals surface area contributed by atoms with E-state index >= 15 is 0 Å². The number of hydrogen-bond donors (Lipinski definition) is 1. The minimum absolute atomic E-state index is 0.328. The predicted octanol–water partition coefficient (Wildman–Crippen LogP) is 1.69. The van der Waals surface area contributed by atoms with E-state index in [1.807, 2.05) is 13.0 Å². The van der Waals surface area contributed by atoms with Crippen molar-refractivity contribution in [2.45, 2.75) is 6.92 Å². The van der Waals surface area contributed by atoms with Crippen LogP contribution in [0, 0.1) is 6.92 Å². The highest BCUT2D eigenvalue weighted by Gasteiger charge is 2.23. The number of halogens is 1. The molecule has 0 fully saturated rings. The first kappa shape index (κ1) is 9.93. The molecule has 15 heavy (non-hydrogen) atoms. The molecule has 1 aliphatic heterocycles. The number of amides is 2. The molecule has 4 heteroatoms. The number of nitrogens with one attached hydrogen (secondary N) is 1. The third-order valence-electron chi connectivity index (χ3n) is 2.17. The Morgan fingerprint density at radius 1 is 1.27 bits per heavy atom. The smallest absolute Gasteiger partial charge is 0.258 e. The van der Waals surface area contributed by atoms with Crippen LogP contribution in [-0.4, -0.2) is 11.8 Å². The molecule has 1 aliphatic rings. The van der Waals surface area contributed by atoms with Crippen molar-refractivity contribution < 1.29 is 9.59 Å². The van der Waals surface area contributed by atoms with Gasteiger partial charge in [0.15, 0.2) is 0 Å². The largest absolute Gasteiger partial charge is 0.289 e. The lowest BCUT2D eigenvalue weighted by molar-refractivity contribution is -0.123. The summed E-state index contributed by atoms with van der Waals surface area (Å²) in [6.45, 7) is 1.90. The maximum absolute atomic E-state index is 11.4. The van der Waals surface area contributed by atoms with Crippen LogP contribution in [0.1, 0.15) is 11.1 Å². The van der Waals surface area contributed by atoms with Gasteiger partial charge in [0, 0.05) is 16.7 Å². The second-order valence-corrected chi connectivity index (χ2v) is 3.77. The van der Waals surface area contributed by atoms with Crippen LogP contribution in [0.3, 0.4) is 0 Å². The summed E-state index contributed by atoms with van der Waals surface area (Å²) in [5.74, 6) is -0.792. The van der Waals surface area contributed by atoms with Crippen molar-refractivity contribution in [1.29, 1.82) is 0 Å². The zero-order chi connectivity index (χ0) is 11.0. The van der Waals surface area contributed by atoms with Gasteiger partial charge in [-0.3, -0.25) is 14.9 Å². The molecule has 2 rings (SSSR count). The Morgan fingerprint density at radius 3 is 2.60 bits per heavy atom. The van der Waals surface area contributed by atoms with E-state index in [1.54, 1.807) is 12.1 Å². The quantitative estimate of drug-likeness (QED) is 0.734. The maximum Gasteiger partial charge on any atom is 0.258 e. The van der Waals surface area contributed by atoms with Crippen molar-refractivity contribution >= 4 is 29.0 Å². The summed E-state index contributed by atoms with van der Waals surface area (Å²) in [6, 6.07) is 5.34. The van der Waals surface area contributed by atoms with Crippen LogP contribution in [0.4, 0.5) is 0 Å². The molecule has 3 nitrogen and oxygen atoms in total. The van der Waals surface area contributed by atoms with Gasteiger partial charge in [0.1, 0.15) is 0 Å². The molecule has 2 amide bonds. The molecule has 0 radical (unpaired) electrons. The van der Waals surface area contributed by atoms with Crippen LogP contribution in [0.25, 0.3) is 5.57 Å². The molecule has 0 aromatic heterocycles. The van der Waals surface area contributed by atoms with Crippen LogP contribution in [0.2, 0.25) is 5.02 Å². The summed E-state index contributed by atoms with van der Waals surface area (Å²) in [7, 11) is 0. The molecule has 1 heterocycles. The molecule has 0 saturated heterocycles. The number of hydrogen-bond acceptors (Lipinski definition) is 2. The van der Waals surface area contributed by atoms with E-state index in [2.05, 4.69) is 5.32 Å². The first-order chi connectivity index (χ1) is 7.08. The monoisotopic (exact) mass is 221 g/mol. The van der Waals surface area contributed by atoms with Crippen molar-refractivity contribution in [3.63, 3.8) is 0 Å². The van der Waals surface area contributed by atoms with Gasteiger partial charge in [-0.2, -0.15) is 0 Å². The van der Waals surface area contributed by atoms with E-state index in [4.69, 9.17) is 11.6 Å². The molecule has 0 spiro atoms. The summed E-state index contributed by atoms with van der Waals surface area (Å²) < 4.78 is 0. The van der Waals surface area contributed by atoms with Gasteiger partial charge in [-0.25, -0.2) is 0 Å². The van der Waals surface area contributed by atoms with Gasteiger partial charge in [0.05, 0.1) is 5.57 Å². The highest BCUT2D eigenvalue weighted by molar-refractivity contribution is 6.39. The minimum Gasteiger partial charge on any atom is -0.289 e. The number of aryl methyl sites for hydroxylation is 1. The second-order valence-electron chi connectivity index (χ2n) is 3.36. The van der Waals surface area contributed by atoms with Crippen LogP contribution in [0.15, 0.2) is 24.3 Å². The summed E-state index contributed by atoms with van der Waals surface area (Å²) in [5.41, 5.74) is 1.91. The summed E-state index contributed by atoms with van der Waals surface area (Å²) in [5, 5.41) is 2.65. The number of imide groups is 1. The predicted molar refractivity (Wildman–Crippen MR) is 57.3 cm³/mol. The Labute approximate surface area is 91.7 Å². The van der Waals surface area contributed by atoms with Gasteiger partial charge in [-0.05, 0) is 19.1 Å². The fourth-order valence-electron chi connectivity index (χ4n) is 1.46. The van der Waals surface area contributed by atoms with Crippen molar-refractivity contribution in [1.82, 2.24) is 5.32 Å². The Hall–Kier alpha value is -1.61. The molecule has 0 saturated carbocycles. The lowest BCUT2D eigenvalue weighted by Gasteiger charge is -2.04. The fourth-order valence-corrected chi connectivity index (χ4v) is 1.68. The van der Waals surface area contributed by atoms with Gasteiger partial charge < -0.3 is 0 Å². The Kier molecular flexibility index (Phi) is 2.32. The van der Waals surface area contributed by atoms with E-state index in [0.717, 1.165) is 5.56 Å². The Bertz CT molecular complexity index is 491. The standard InChI is InChI=1S/C11H8ClNO2/c1-6-2-3-9(12)7(4-6)8-5-10(14)13-11(8)15/h2-5H,1H3,(H,13,14,15). The number of carbonyl (C=O) groups is 2. The van der Waals surface area contributed by atoms with Gasteiger partial charge in [-0.15, -0.1) is 0 Å². The van der Waals surface area contributed by atoms with Crippen molar-refractivity contribution in [2.24, 2.45) is 0 Å². The van der Waals surface area contributed by atoms with Crippen LogP contribution >= 0.6 is 11.6 Å². The highest BCUT2D eigenvalue weighted by Crippen LogP contribution is 2.26. The van der Waals surface area contributed by atoms with Crippen LogP contribution in [-0.2, 0) is 9.59 Å². The number of carbonyl (C=O) groups excluding carboxylic acids is 2. The molecule has 0 atom stereocenters. The maximum atomic E-state index is 11.4. The summed E-state index contributed by atoms with van der Waals surface area (Å²) in [4.78, 5) is 22.4. The van der Waals surface area contributed by atoms with Gasteiger partial charge in [0.25, 0.3) is 11.8 Å². The molecular formula is C11H8ClNO2. The van der Waals surface area contributed by atoms with E-state index in [0.29, 0.717) is 16.2 Å². The van der Waals surface area contributed by atoms with Crippen molar-refractivity contribution in [3.8, 4) is 0 Å². The lowest BCUT2D eigenvalue weighted by atomic mass is 10.0. The van der Waals surface area contributed by atoms with Crippen molar-refractivity contribution in [2.75, 3.05) is 0 Å². The minimum atomic E-state index is -0.396. The van der Waals surface area contributed by atoms with E-state index in [1.165, 1.54) is 6.08 Å². The van der Waals surface area contributed by atoms with Gasteiger partial charge >= 0.3 is 0 Å². The highest BCUT2D eigenvalue weighted by atomic mass is 35.5. The first-order valence-electron chi connectivity index (χ1n) is 4.41. The van der Waals surface area contributed by atoms with Crippen LogP contribution in [0.5, 0.6) is 0 Å². The third kappa shape index (κ3) is 1.78. The summed E-state index contributed by atoms with van der Waals surface area (Å²) >= 11 is 5.96. The normalized spacial score (nSPS) is 15.2. The fraction of sp³-hybridized carbons (Fsp3) is 0.0909. The SMILES string of the molecule is Cc1ccc(Cl)c(C2=CC(=O)NC2=O)c1. The zero-order valence-electron chi connectivity index (χ0n) is 8.00. The third-order valence-corrected chi connectivity index (χ3v) is 2.50. The van der Waals surface area contributed by atoms with E-state index < -0.39 is 11.8 Å². The van der Waals surface area contributed by atoms with Gasteiger partial charge in [-0.1, -0.05) is 23.2 Å². The lowest BCUT2D eigenvalue weighted by Crippen LogP contribution is -2.21. The van der Waals surface area contributed by atoms with Crippen LogP contribution < -0.4 is 5.32 Å². The van der Waals surface area contributed by atoms with Crippen molar-refractivity contribution in [3.05, 3.63) is 40.4 Å². The molecule has 0 bridgehead atoms. The summed E-state index contributed by atoms with van der Waals surface area (Å²) in [6.07, 6.45) is 1.27. The molecule has 0 unspecified atom stereocenters. The van der Waals surface area contributed by atoms with E-state index in [-0.39, 0.29) is 0 Å². The molecule has 0 aliphatic carbocycles. The van der Waals surface area contributed by atoms with E-state index in [9.17, 15) is 9.59 Å². The first-order valence-corrected chi connectivity index (χ1v) is 4.79. The molecule has 1 N–H and O–H groups in total. The average Bonchev–Trinajstić information content (AvgIpc) is 2.50. The van der Waals surface area contributed by atoms with Gasteiger partial charge in [0.2, 0.25) is 0 Å². The molecule has 1 aromatic carbocycles. The zero-order valence-corrected chi connectivity index (χ0v) is 8.76. The number of rotatable bonds is 1. The average molecular weight is 222 g/mol.